The van der Waals surface area contributed by atoms with Gasteiger partial charge in [-0.05, 0) is 34.1 Å². The highest BCUT2D eigenvalue weighted by Crippen LogP contribution is 2.03. The van der Waals surface area contributed by atoms with Crippen LogP contribution in [-0.2, 0) is 9.59 Å². The summed E-state index contributed by atoms with van der Waals surface area (Å²) in [7, 11) is 1.79. The second-order valence-corrected chi connectivity index (χ2v) is 4.67. The molecule has 0 spiro atoms. The van der Waals surface area contributed by atoms with Crippen molar-refractivity contribution in [2.45, 2.75) is 59.0 Å². The minimum absolute atomic E-state index is 0.0231. The molecular formula is C12H24N2O2. The van der Waals surface area contributed by atoms with Crippen LogP contribution in [0.3, 0.4) is 0 Å². The third kappa shape index (κ3) is 6.43. The summed E-state index contributed by atoms with van der Waals surface area (Å²) in [4.78, 5) is 24.6. The van der Waals surface area contributed by atoms with Crippen molar-refractivity contribution in [3.63, 3.8) is 0 Å². The van der Waals surface area contributed by atoms with E-state index in [4.69, 9.17) is 0 Å². The van der Waals surface area contributed by atoms with Crippen molar-refractivity contribution >= 4 is 11.8 Å². The van der Waals surface area contributed by atoms with E-state index in [0.717, 1.165) is 0 Å². The SMILES string of the molecule is CC(C)NC(=O)CCCC(=O)N(C)C(C)C. The Morgan fingerprint density at radius 1 is 1.12 bits per heavy atom. The topological polar surface area (TPSA) is 49.4 Å². The first-order valence-corrected chi connectivity index (χ1v) is 5.89. The van der Waals surface area contributed by atoms with Crippen LogP contribution < -0.4 is 5.32 Å². The second-order valence-electron chi connectivity index (χ2n) is 4.67. The lowest BCUT2D eigenvalue weighted by Crippen LogP contribution is -2.33. The number of carbonyl (C=O) groups excluding carboxylic acids is 2. The molecule has 0 rings (SSSR count). The fourth-order valence-corrected chi connectivity index (χ4v) is 1.26. The average Bonchev–Trinajstić information content (AvgIpc) is 2.14. The van der Waals surface area contributed by atoms with Crippen LogP contribution in [-0.4, -0.2) is 35.8 Å². The highest BCUT2D eigenvalue weighted by Gasteiger charge is 2.12. The quantitative estimate of drug-likeness (QED) is 0.750. The van der Waals surface area contributed by atoms with Crippen molar-refractivity contribution in [3.05, 3.63) is 0 Å². The van der Waals surface area contributed by atoms with E-state index in [9.17, 15) is 9.59 Å². The van der Waals surface area contributed by atoms with Gasteiger partial charge in [-0.15, -0.1) is 0 Å². The first-order chi connectivity index (χ1) is 7.34. The molecule has 0 unspecified atom stereocenters. The summed E-state index contributed by atoms with van der Waals surface area (Å²) < 4.78 is 0. The molecule has 0 fully saturated rings. The Bertz CT molecular complexity index is 237. The van der Waals surface area contributed by atoms with Gasteiger partial charge in [0.15, 0.2) is 0 Å². The van der Waals surface area contributed by atoms with E-state index in [-0.39, 0.29) is 23.9 Å². The molecule has 4 nitrogen and oxygen atoms in total. The molecule has 0 aromatic heterocycles. The van der Waals surface area contributed by atoms with Crippen LogP contribution >= 0.6 is 0 Å². The van der Waals surface area contributed by atoms with Gasteiger partial charge in [0, 0.05) is 32.0 Å². The number of nitrogens with one attached hydrogen (secondary N) is 1. The van der Waals surface area contributed by atoms with Gasteiger partial charge in [-0.25, -0.2) is 0 Å². The van der Waals surface area contributed by atoms with Crippen molar-refractivity contribution in [3.8, 4) is 0 Å². The number of rotatable bonds is 6. The van der Waals surface area contributed by atoms with E-state index in [1.54, 1.807) is 11.9 Å². The van der Waals surface area contributed by atoms with Crippen molar-refractivity contribution in [2.75, 3.05) is 7.05 Å². The zero-order valence-electron chi connectivity index (χ0n) is 11.0. The third-order valence-electron chi connectivity index (χ3n) is 2.41. The molecule has 0 saturated carbocycles. The predicted molar refractivity (Wildman–Crippen MR) is 65.0 cm³/mol. The Kier molecular flexibility index (Phi) is 6.77. The van der Waals surface area contributed by atoms with Crippen molar-refractivity contribution in [1.29, 1.82) is 0 Å². The Morgan fingerprint density at radius 3 is 2.12 bits per heavy atom. The maximum atomic E-state index is 11.6. The molecular weight excluding hydrogens is 204 g/mol. The van der Waals surface area contributed by atoms with Gasteiger partial charge in [0.25, 0.3) is 0 Å². The van der Waals surface area contributed by atoms with E-state index in [0.29, 0.717) is 19.3 Å². The van der Waals surface area contributed by atoms with Crippen LogP contribution in [0, 0.1) is 0 Å². The number of hydrogen-bond donors (Lipinski definition) is 1. The fraction of sp³-hybridized carbons (Fsp3) is 0.833. The van der Waals surface area contributed by atoms with Crippen LogP contribution in [0.1, 0.15) is 47.0 Å². The summed E-state index contributed by atoms with van der Waals surface area (Å²) in [6, 6.07) is 0.388. The molecule has 0 atom stereocenters. The van der Waals surface area contributed by atoms with Crippen LogP contribution in [0.25, 0.3) is 0 Å². The smallest absolute Gasteiger partial charge is 0.222 e. The van der Waals surface area contributed by atoms with E-state index >= 15 is 0 Å². The maximum absolute atomic E-state index is 11.6. The lowest BCUT2D eigenvalue weighted by molar-refractivity contribution is -0.131. The Hall–Kier alpha value is -1.06. The van der Waals surface area contributed by atoms with Gasteiger partial charge in [-0.3, -0.25) is 9.59 Å². The second kappa shape index (κ2) is 7.25. The highest BCUT2D eigenvalue weighted by molar-refractivity contribution is 5.79. The van der Waals surface area contributed by atoms with Crippen LogP contribution in [0.15, 0.2) is 0 Å². The summed E-state index contributed by atoms with van der Waals surface area (Å²) >= 11 is 0. The molecule has 0 bridgehead atoms. The average molecular weight is 228 g/mol. The van der Waals surface area contributed by atoms with Crippen molar-refractivity contribution < 1.29 is 9.59 Å². The molecule has 0 saturated heterocycles. The summed E-state index contributed by atoms with van der Waals surface area (Å²) in [5.74, 6) is 0.127. The lowest BCUT2D eigenvalue weighted by Gasteiger charge is -2.21. The number of carbonyl (C=O) groups is 2. The van der Waals surface area contributed by atoms with Gasteiger partial charge in [-0.2, -0.15) is 0 Å². The standard InChI is InChI=1S/C12H24N2O2/c1-9(2)13-11(15)7-6-8-12(16)14(5)10(3)4/h9-10H,6-8H2,1-5H3,(H,13,15). The normalized spacial score (nSPS) is 10.7. The van der Waals surface area contributed by atoms with Crippen molar-refractivity contribution in [1.82, 2.24) is 10.2 Å². The van der Waals surface area contributed by atoms with Gasteiger partial charge >= 0.3 is 0 Å². The van der Waals surface area contributed by atoms with Crippen LogP contribution in [0.4, 0.5) is 0 Å². The third-order valence-corrected chi connectivity index (χ3v) is 2.41. The van der Waals surface area contributed by atoms with Crippen molar-refractivity contribution in [2.24, 2.45) is 0 Å². The largest absolute Gasteiger partial charge is 0.354 e. The molecule has 4 heteroatoms. The molecule has 16 heavy (non-hydrogen) atoms. The Balaban J connectivity index is 3.74. The van der Waals surface area contributed by atoms with Crippen LogP contribution in [0.2, 0.25) is 0 Å². The van der Waals surface area contributed by atoms with Gasteiger partial charge in [0.05, 0.1) is 0 Å². The van der Waals surface area contributed by atoms with Gasteiger partial charge in [0.2, 0.25) is 11.8 Å². The molecule has 94 valence electrons. The molecule has 0 aromatic rings. The molecule has 0 heterocycles. The summed E-state index contributed by atoms with van der Waals surface area (Å²) in [5.41, 5.74) is 0. The molecule has 0 aliphatic heterocycles. The van der Waals surface area contributed by atoms with Gasteiger partial charge in [-0.1, -0.05) is 0 Å². The summed E-state index contributed by atoms with van der Waals surface area (Å²) in [6.07, 6.45) is 1.49. The molecule has 0 aromatic carbocycles. The monoisotopic (exact) mass is 228 g/mol. The molecule has 2 amide bonds. The predicted octanol–water partition coefficient (Wildman–Crippen LogP) is 1.55. The molecule has 0 aliphatic rings. The zero-order valence-corrected chi connectivity index (χ0v) is 11.0. The fourth-order valence-electron chi connectivity index (χ4n) is 1.26. The van der Waals surface area contributed by atoms with Crippen LogP contribution in [0.5, 0.6) is 0 Å². The Morgan fingerprint density at radius 2 is 1.69 bits per heavy atom. The number of amides is 2. The minimum atomic E-state index is 0.0231. The van der Waals surface area contributed by atoms with Gasteiger partial charge < -0.3 is 10.2 Å². The van der Waals surface area contributed by atoms with Gasteiger partial charge in [0.1, 0.15) is 0 Å². The molecule has 0 aliphatic carbocycles. The maximum Gasteiger partial charge on any atom is 0.222 e. The minimum Gasteiger partial charge on any atom is -0.354 e. The van der Waals surface area contributed by atoms with E-state index in [2.05, 4.69) is 5.32 Å². The number of hydrogen-bond acceptors (Lipinski definition) is 2. The van der Waals surface area contributed by atoms with E-state index in [1.807, 2.05) is 27.7 Å². The highest BCUT2D eigenvalue weighted by atomic mass is 16.2. The Labute approximate surface area is 98.4 Å². The first kappa shape index (κ1) is 14.9. The lowest BCUT2D eigenvalue weighted by atomic mass is 10.2. The first-order valence-electron chi connectivity index (χ1n) is 5.89. The zero-order chi connectivity index (χ0) is 12.7. The summed E-state index contributed by atoms with van der Waals surface area (Å²) in [6.45, 7) is 7.80. The molecule has 1 N–H and O–H groups in total. The number of nitrogens with zero attached hydrogens (tertiary/aromatic N) is 1. The van der Waals surface area contributed by atoms with E-state index < -0.39 is 0 Å². The molecule has 0 radical (unpaired) electrons. The van der Waals surface area contributed by atoms with E-state index in [1.165, 1.54) is 0 Å². The summed E-state index contributed by atoms with van der Waals surface area (Å²) in [5, 5.41) is 2.80.